The highest BCUT2D eigenvalue weighted by atomic mass is 32.2. The highest BCUT2D eigenvalue weighted by molar-refractivity contribution is 8.00. The van der Waals surface area contributed by atoms with Gasteiger partial charge in [0.15, 0.2) is 0 Å². The molecule has 3 aromatic rings. The number of carbonyl (C=O) groups excluding carboxylic acids is 1. The van der Waals surface area contributed by atoms with Crippen LogP contribution in [0.2, 0.25) is 0 Å². The SMILES string of the molecule is CCCN(CN)CC(=O)NCCSC(c1ccccc1)(c1ccccc1)c1ccccc1. The Bertz CT molecular complexity index is 838. The summed E-state index contributed by atoms with van der Waals surface area (Å²) in [6.07, 6.45) is 0.980. The lowest BCUT2D eigenvalue weighted by molar-refractivity contribution is -0.122. The maximum Gasteiger partial charge on any atom is 0.234 e. The van der Waals surface area contributed by atoms with Gasteiger partial charge in [-0.15, -0.1) is 11.8 Å². The van der Waals surface area contributed by atoms with Crippen molar-refractivity contribution < 1.29 is 4.79 Å². The first-order valence-electron chi connectivity index (χ1n) is 11.2. The molecule has 0 radical (unpaired) electrons. The van der Waals surface area contributed by atoms with Crippen LogP contribution in [0.4, 0.5) is 0 Å². The third-order valence-electron chi connectivity index (χ3n) is 5.45. The van der Waals surface area contributed by atoms with Crippen LogP contribution in [0.25, 0.3) is 0 Å². The Hall–Kier alpha value is -2.60. The van der Waals surface area contributed by atoms with E-state index in [1.165, 1.54) is 16.7 Å². The van der Waals surface area contributed by atoms with Gasteiger partial charge in [-0.05, 0) is 29.7 Å². The highest BCUT2D eigenvalue weighted by Crippen LogP contribution is 2.48. The predicted octanol–water partition coefficient (Wildman–Crippen LogP) is 4.46. The average molecular weight is 448 g/mol. The molecule has 0 saturated carbocycles. The second-order valence-electron chi connectivity index (χ2n) is 7.71. The minimum Gasteiger partial charge on any atom is -0.354 e. The standard InChI is InChI=1S/C27H33N3OS/c1-2-19-30(22-28)21-26(31)29-18-20-32-27(23-12-6-3-7-13-23,24-14-8-4-9-15-24)25-16-10-5-11-17-25/h3-17H,2,18-22,28H2,1H3,(H,29,31). The molecule has 0 aliphatic heterocycles. The van der Waals surface area contributed by atoms with Crippen LogP contribution in [0.15, 0.2) is 91.0 Å². The number of hydrogen-bond acceptors (Lipinski definition) is 4. The lowest BCUT2D eigenvalue weighted by atomic mass is 9.84. The zero-order valence-corrected chi connectivity index (χ0v) is 19.6. The van der Waals surface area contributed by atoms with E-state index >= 15 is 0 Å². The number of hydrogen-bond donors (Lipinski definition) is 2. The van der Waals surface area contributed by atoms with Crippen molar-refractivity contribution in [1.29, 1.82) is 0 Å². The topological polar surface area (TPSA) is 58.4 Å². The maximum absolute atomic E-state index is 12.4. The fraction of sp³-hybridized carbons (Fsp3) is 0.296. The van der Waals surface area contributed by atoms with Gasteiger partial charge in [0, 0.05) is 19.0 Å². The summed E-state index contributed by atoms with van der Waals surface area (Å²) in [5.74, 6) is 0.801. The third kappa shape index (κ3) is 6.00. The van der Waals surface area contributed by atoms with Crippen LogP contribution >= 0.6 is 11.8 Å². The summed E-state index contributed by atoms with van der Waals surface area (Å²) < 4.78 is -0.361. The molecule has 0 fully saturated rings. The number of nitrogens with one attached hydrogen (secondary N) is 1. The van der Waals surface area contributed by atoms with Gasteiger partial charge in [-0.1, -0.05) is 97.9 Å². The molecule has 5 heteroatoms. The molecular formula is C27H33N3OS. The lowest BCUT2D eigenvalue weighted by Gasteiger charge is -2.35. The van der Waals surface area contributed by atoms with Gasteiger partial charge in [0.05, 0.1) is 11.3 Å². The first-order valence-corrected chi connectivity index (χ1v) is 12.2. The van der Waals surface area contributed by atoms with Gasteiger partial charge < -0.3 is 11.1 Å². The third-order valence-corrected chi connectivity index (χ3v) is 7.00. The number of thioether (sulfide) groups is 1. The van der Waals surface area contributed by atoms with Crippen LogP contribution in [0, 0.1) is 0 Å². The largest absolute Gasteiger partial charge is 0.354 e. The van der Waals surface area contributed by atoms with Gasteiger partial charge in [0.2, 0.25) is 5.91 Å². The molecule has 3 aromatic carbocycles. The quantitative estimate of drug-likeness (QED) is 0.245. The molecule has 168 valence electrons. The Labute approximate surface area is 196 Å². The summed E-state index contributed by atoms with van der Waals surface area (Å²) in [4.78, 5) is 14.4. The average Bonchev–Trinajstić information content (AvgIpc) is 2.85. The second-order valence-corrected chi connectivity index (χ2v) is 9.02. The van der Waals surface area contributed by atoms with Crippen molar-refractivity contribution in [3.05, 3.63) is 108 Å². The molecule has 3 N–H and O–H groups in total. The molecule has 0 spiro atoms. The van der Waals surface area contributed by atoms with Gasteiger partial charge in [0.25, 0.3) is 0 Å². The highest BCUT2D eigenvalue weighted by Gasteiger charge is 2.36. The van der Waals surface area contributed by atoms with Crippen LogP contribution in [0.1, 0.15) is 30.0 Å². The van der Waals surface area contributed by atoms with Gasteiger partial charge in [0.1, 0.15) is 0 Å². The molecule has 3 rings (SSSR count). The van der Waals surface area contributed by atoms with E-state index in [2.05, 4.69) is 103 Å². The Morgan fingerprint density at radius 3 is 1.75 bits per heavy atom. The zero-order chi connectivity index (χ0) is 22.7. The molecule has 32 heavy (non-hydrogen) atoms. The van der Waals surface area contributed by atoms with Gasteiger partial charge in [-0.25, -0.2) is 0 Å². The summed E-state index contributed by atoms with van der Waals surface area (Å²) in [6, 6.07) is 31.8. The zero-order valence-electron chi connectivity index (χ0n) is 18.7. The molecule has 0 atom stereocenters. The lowest BCUT2D eigenvalue weighted by Crippen LogP contribution is -2.41. The Balaban J connectivity index is 1.82. The molecule has 0 unspecified atom stereocenters. The Kier molecular flexibility index (Phi) is 9.35. The van der Waals surface area contributed by atoms with Crippen LogP contribution in [0.3, 0.4) is 0 Å². The van der Waals surface area contributed by atoms with Crippen LogP contribution in [-0.2, 0) is 9.54 Å². The Morgan fingerprint density at radius 1 is 0.875 bits per heavy atom. The molecule has 1 amide bonds. The van der Waals surface area contributed by atoms with E-state index in [9.17, 15) is 4.79 Å². The van der Waals surface area contributed by atoms with Crippen molar-refractivity contribution in [2.45, 2.75) is 18.1 Å². The number of amides is 1. The van der Waals surface area contributed by atoms with E-state index in [-0.39, 0.29) is 10.7 Å². The fourth-order valence-corrected chi connectivity index (χ4v) is 5.39. The van der Waals surface area contributed by atoms with Gasteiger partial charge >= 0.3 is 0 Å². The Morgan fingerprint density at radius 2 is 1.34 bits per heavy atom. The van der Waals surface area contributed by atoms with Crippen LogP contribution < -0.4 is 11.1 Å². The van der Waals surface area contributed by atoms with Gasteiger partial charge in [-0.3, -0.25) is 9.69 Å². The molecule has 0 aliphatic rings. The molecule has 0 saturated heterocycles. The van der Waals surface area contributed by atoms with Crippen molar-refractivity contribution >= 4 is 17.7 Å². The van der Waals surface area contributed by atoms with Crippen LogP contribution in [-0.4, -0.2) is 42.9 Å². The van der Waals surface area contributed by atoms with Crippen molar-refractivity contribution in [2.75, 3.05) is 32.1 Å². The van der Waals surface area contributed by atoms with E-state index in [1.54, 1.807) is 0 Å². The number of benzene rings is 3. The smallest absolute Gasteiger partial charge is 0.234 e. The number of carbonyl (C=O) groups is 1. The van der Waals surface area contributed by atoms with E-state index in [4.69, 9.17) is 5.73 Å². The van der Waals surface area contributed by atoms with E-state index in [0.29, 0.717) is 19.8 Å². The number of nitrogens with two attached hydrogens (primary N) is 1. The van der Waals surface area contributed by atoms with E-state index in [0.717, 1.165) is 18.7 Å². The summed E-state index contributed by atoms with van der Waals surface area (Å²) >= 11 is 1.85. The number of nitrogens with zero attached hydrogens (tertiary/aromatic N) is 1. The molecule has 4 nitrogen and oxygen atoms in total. The molecule has 0 bridgehead atoms. The summed E-state index contributed by atoms with van der Waals surface area (Å²) in [5.41, 5.74) is 9.44. The first kappa shape index (κ1) is 24.1. The predicted molar refractivity (Wildman–Crippen MR) is 136 cm³/mol. The van der Waals surface area contributed by atoms with Crippen molar-refractivity contribution in [2.24, 2.45) is 5.73 Å². The first-order chi connectivity index (χ1) is 15.7. The minimum absolute atomic E-state index is 0.0224. The molecule has 0 aromatic heterocycles. The number of rotatable bonds is 12. The monoisotopic (exact) mass is 447 g/mol. The van der Waals surface area contributed by atoms with Crippen molar-refractivity contribution in [1.82, 2.24) is 10.2 Å². The summed E-state index contributed by atoms with van der Waals surface area (Å²) in [6.45, 7) is 4.26. The summed E-state index contributed by atoms with van der Waals surface area (Å²) in [7, 11) is 0. The normalized spacial score (nSPS) is 11.5. The molecule has 0 aliphatic carbocycles. The fourth-order valence-electron chi connectivity index (χ4n) is 3.97. The van der Waals surface area contributed by atoms with E-state index in [1.807, 2.05) is 16.7 Å². The molecule has 0 heterocycles. The maximum atomic E-state index is 12.4. The van der Waals surface area contributed by atoms with E-state index < -0.39 is 0 Å². The molecular weight excluding hydrogens is 414 g/mol. The summed E-state index contributed by atoms with van der Waals surface area (Å²) in [5, 5.41) is 3.08. The van der Waals surface area contributed by atoms with Crippen LogP contribution in [0.5, 0.6) is 0 Å². The van der Waals surface area contributed by atoms with Gasteiger partial charge in [-0.2, -0.15) is 0 Å². The van der Waals surface area contributed by atoms with Crippen molar-refractivity contribution in [3.8, 4) is 0 Å². The van der Waals surface area contributed by atoms with Crippen molar-refractivity contribution in [3.63, 3.8) is 0 Å². The minimum atomic E-state index is -0.361. The second kappa shape index (κ2) is 12.4.